The van der Waals surface area contributed by atoms with E-state index >= 15 is 0 Å². The van der Waals surface area contributed by atoms with Gasteiger partial charge in [0.25, 0.3) is 0 Å². The van der Waals surface area contributed by atoms with E-state index < -0.39 is 15.6 Å². The van der Waals surface area contributed by atoms with Crippen molar-refractivity contribution in [3.05, 3.63) is 26.8 Å². The van der Waals surface area contributed by atoms with Crippen LogP contribution in [0, 0.1) is 9.49 Å². The van der Waals surface area contributed by atoms with Gasteiger partial charge < -0.3 is 4.18 Å². The minimum Gasteiger partial charge on any atom is -0.376 e. The van der Waals surface area contributed by atoms with E-state index in [4.69, 9.17) is 0 Å². The SMILES string of the molecule is O=S(=O)(Oc1ccc(I)c2c1CC1CCC21)C(F)(F)F. The molecule has 1 saturated carbocycles. The monoisotopic (exact) mass is 418 g/mol. The molecular formula is C12H10F3IO3S. The van der Waals surface area contributed by atoms with E-state index in [-0.39, 0.29) is 5.75 Å². The van der Waals surface area contributed by atoms with Crippen molar-refractivity contribution in [2.75, 3.05) is 0 Å². The third-order valence-electron chi connectivity index (χ3n) is 4.00. The Hall–Kier alpha value is -0.510. The minimum absolute atomic E-state index is 0.174. The van der Waals surface area contributed by atoms with E-state index in [2.05, 4.69) is 26.8 Å². The first kappa shape index (κ1) is 14.4. The van der Waals surface area contributed by atoms with Gasteiger partial charge >= 0.3 is 15.6 Å². The summed E-state index contributed by atoms with van der Waals surface area (Å²) >= 11 is 2.13. The second kappa shape index (κ2) is 4.49. The van der Waals surface area contributed by atoms with Crippen LogP contribution in [0.4, 0.5) is 13.2 Å². The van der Waals surface area contributed by atoms with E-state index in [9.17, 15) is 21.6 Å². The second-order valence-corrected chi connectivity index (χ2v) is 7.77. The predicted molar refractivity (Wildman–Crippen MR) is 73.9 cm³/mol. The van der Waals surface area contributed by atoms with Crippen LogP contribution in [-0.2, 0) is 16.5 Å². The van der Waals surface area contributed by atoms with Crippen LogP contribution in [0.1, 0.15) is 29.9 Å². The molecule has 1 fully saturated rings. The lowest BCUT2D eigenvalue weighted by molar-refractivity contribution is -0.0500. The first-order valence-corrected chi connectivity index (χ1v) is 8.51. The van der Waals surface area contributed by atoms with Crippen molar-refractivity contribution in [2.45, 2.75) is 30.7 Å². The van der Waals surface area contributed by atoms with E-state index in [1.54, 1.807) is 6.07 Å². The standard InChI is InChI=1S/C12H10F3IO3S/c13-12(14,15)20(17,18)19-10-4-3-9(16)11-7-2-1-6(7)5-8(10)11/h3-4,6-7H,1-2,5H2. The molecule has 0 aromatic heterocycles. The normalized spacial score (nSPS) is 24.8. The topological polar surface area (TPSA) is 43.4 Å². The summed E-state index contributed by atoms with van der Waals surface area (Å²) in [6, 6.07) is 2.93. The van der Waals surface area contributed by atoms with Crippen molar-refractivity contribution in [3.63, 3.8) is 0 Å². The number of rotatable bonds is 2. The van der Waals surface area contributed by atoms with Crippen LogP contribution in [0.5, 0.6) is 5.75 Å². The number of hydrogen-bond acceptors (Lipinski definition) is 3. The highest BCUT2D eigenvalue weighted by atomic mass is 127. The van der Waals surface area contributed by atoms with Crippen molar-refractivity contribution in [1.29, 1.82) is 0 Å². The van der Waals surface area contributed by atoms with Gasteiger partial charge in [-0.2, -0.15) is 21.6 Å². The molecule has 20 heavy (non-hydrogen) atoms. The Morgan fingerprint density at radius 2 is 1.95 bits per heavy atom. The number of halogens is 4. The molecule has 0 spiro atoms. The fourth-order valence-electron chi connectivity index (χ4n) is 2.93. The summed E-state index contributed by atoms with van der Waals surface area (Å²) < 4.78 is 64.8. The molecule has 2 unspecified atom stereocenters. The van der Waals surface area contributed by atoms with Crippen LogP contribution in [0.2, 0.25) is 0 Å². The Morgan fingerprint density at radius 1 is 1.25 bits per heavy atom. The van der Waals surface area contributed by atoms with Crippen LogP contribution >= 0.6 is 22.6 Å². The zero-order valence-corrected chi connectivity index (χ0v) is 13.0. The molecule has 2 atom stereocenters. The highest BCUT2D eigenvalue weighted by Gasteiger charge is 2.49. The third-order valence-corrected chi connectivity index (χ3v) is 5.91. The Bertz CT molecular complexity index is 669. The Balaban J connectivity index is 2.02. The van der Waals surface area contributed by atoms with Gasteiger partial charge in [0.15, 0.2) is 0 Å². The molecule has 2 aliphatic rings. The van der Waals surface area contributed by atoms with Crippen LogP contribution in [0.25, 0.3) is 0 Å². The first-order valence-electron chi connectivity index (χ1n) is 6.03. The highest BCUT2D eigenvalue weighted by Crippen LogP contribution is 2.54. The van der Waals surface area contributed by atoms with E-state index in [1.165, 1.54) is 6.07 Å². The molecule has 0 radical (unpaired) electrons. The summed E-state index contributed by atoms with van der Waals surface area (Å²) in [7, 11) is -5.60. The molecule has 0 heterocycles. The molecule has 110 valence electrons. The zero-order valence-electron chi connectivity index (χ0n) is 10.1. The second-order valence-electron chi connectivity index (χ2n) is 5.07. The van der Waals surface area contributed by atoms with Gasteiger partial charge in [0, 0.05) is 9.13 Å². The predicted octanol–water partition coefficient (Wildman–Crippen LogP) is 3.57. The summed E-state index contributed by atoms with van der Waals surface area (Å²) in [6.45, 7) is 0. The number of alkyl halides is 3. The molecule has 0 N–H and O–H groups in total. The molecule has 2 aliphatic carbocycles. The lowest BCUT2D eigenvalue weighted by Gasteiger charge is -2.31. The maximum absolute atomic E-state index is 12.4. The Kier molecular flexibility index (Phi) is 3.24. The first-order chi connectivity index (χ1) is 9.21. The molecule has 0 aliphatic heterocycles. The fraction of sp³-hybridized carbons (Fsp3) is 0.500. The van der Waals surface area contributed by atoms with Gasteiger partial charge in [-0.1, -0.05) is 0 Å². The maximum atomic E-state index is 12.4. The van der Waals surface area contributed by atoms with Gasteiger partial charge in [-0.25, -0.2) is 0 Å². The summed E-state index contributed by atoms with van der Waals surface area (Å²) in [5, 5.41) is 0. The lowest BCUT2D eigenvalue weighted by Crippen LogP contribution is -2.28. The zero-order chi connectivity index (χ0) is 14.7. The van der Waals surface area contributed by atoms with Crippen molar-refractivity contribution in [3.8, 4) is 5.75 Å². The van der Waals surface area contributed by atoms with E-state index in [0.29, 0.717) is 23.8 Å². The van der Waals surface area contributed by atoms with Crippen LogP contribution in [-0.4, -0.2) is 13.9 Å². The van der Waals surface area contributed by atoms with Gasteiger partial charge in [0.2, 0.25) is 0 Å². The van der Waals surface area contributed by atoms with Gasteiger partial charge in [-0.05, 0) is 71.4 Å². The van der Waals surface area contributed by atoms with Gasteiger partial charge in [-0.3, -0.25) is 0 Å². The number of hydrogen-bond donors (Lipinski definition) is 0. The average molecular weight is 418 g/mol. The van der Waals surface area contributed by atoms with E-state index in [0.717, 1.165) is 22.0 Å². The number of benzene rings is 1. The largest absolute Gasteiger partial charge is 0.534 e. The molecule has 3 nitrogen and oxygen atoms in total. The molecule has 0 amide bonds. The average Bonchev–Trinajstić information content (AvgIpc) is 2.54. The quantitative estimate of drug-likeness (QED) is 0.419. The van der Waals surface area contributed by atoms with E-state index in [1.807, 2.05) is 0 Å². The van der Waals surface area contributed by atoms with Crippen molar-refractivity contribution in [2.24, 2.45) is 5.92 Å². The van der Waals surface area contributed by atoms with Crippen LogP contribution in [0.3, 0.4) is 0 Å². The molecular weight excluding hydrogens is 408 g/mol. The molecule has 1 aromatic carbocycles. The van der Waals surface area contributed by atoms with Crippen molar-refractivity contribution < 1.29 is 25.8 Å². The van der Waals surface area contributed by atoms with Crippen molar-refractivity contribution >= 4 is 32.7 Å². The molecule has 0 saturated heterocycles. The summed E-state index contributed by atoms with van der Waals surface area (Å²) in [4.78, 5) is 0. The van der Waals surface area contributed by atoms with Crippen LogP contribution < -0.4 is 4.18 Å². The minimum atomic E-state index is -5.60. The third kappa shape index (κ3) is 2.11. The fourth-order valence-corrected chi connectivity index (χ4v) is 4.32. The Morgan fingerprint density at radius 3 is 2.50 bits per heavy atom. The molecule has 0 bridgehead atoms. The number of fused-ring (bicyclic) bond motifs is 3. The maximum Gasteiger partial charge on any atom is 0.534 e. The van der Waals surface area contributed by atoms with Gasteiger partial charge in [0.1, 0.15) is 5.75 Å². The highest BCUT2D eigenvalue weighted by molar-refractivity contribution is 14.1. The molecule has 3 rings (SSSR count). The van der Waals surface area contributed by atoms with Crippen LogP contribution in [0.15, 0.2) is 12.1 Å². The molecule has 8 heteroatoms. The van der Waals surface area contributed by atoms with Crippen molar-refractivity contribution in [1.82, 2.24) is 0 Å². The summed E-state index contributed by atoms with van der Waals surface area (Å²) in [5.41, 5.74) is -3.81. The Labute approximate surface area is 127 Å². The summed E-state index contributed by atoms with van der Waals surface area (Å²) in [6.07, 6.45) is 2.63. The van der Waals surface area contributed by atoms with Gasteiger partial charge in [-0.15, -0.1) is 0 Å². The lowest BCUT2D eigenvalue weighted by atomic mass is 9.74. The molecule has 1 aromatic rings. The summed E-state index contributed by atoms with van der Waals surface area (Å²) in [5.74, 6) is 0.582. The smallest absolute Gasteiger partial charge is 0.376 e. The van der Waals surface area contributed by atoms with Gasteiger partial charge in [0.05, 0.1) is 0 Å².